The summed E-state index contributed by atoms with van der Waals surface area (Å²) in [5.74, 6) is -0.273. The minimum atomic E-state index is -2.89. The third kappa shape index (κ3) is 3.72. The van der Waals surface area contributed by atoms with Gasteiger partial charge >= 0.3 is 6.61 Å². The quantitative estimate of drug-likeness (QED) is 0.711. The van der Waals surface area contributed by atoms with Crippen molar-refractivity contribution in [3.63, 3.8) is 0 Å². The van der Waals surface area contributed by atoms with Crippen LogP contribution in [-0.4, -0.2) is 27.3 Å². The first-order valence-corrected chi connectivity index (χ1v) is 8.40. The molecule has 6 nitrogen and oxygen atoms in total. The molecule has 0 aliphatic carbocycles. The van der Waals surface area contributed by atoms with Crippen LogP contribution < -0.4 is 10.1 Å². The zero-order chi connectivity index (χ0) is 18.1. The summed E-state index contributed by atoms with van der Waals surface area (Å²) in [6.45, 7) is 0.559. The van der Waals surface area contributed by atoms with Crippen LogP contribution in [0.1, 0.15) is 18.7 Å². The molecular formula is C15H13ClF2N4O2S. The van der Waals surface area contributed by atoms with E-state index in [1.165, 1.54) is 34.3 Å². The number of fused-ring (bicyclic) bond motifs is 1. The van der Waals surface area contributed by atoms with Crippen molar-refractivity contribution in [2.75, 3.05) is 5.32 Å². The average molecular weight is 387 g/mol. The molecule has 0 saturated carbocycles. The Bertz CT molecular complexity index is 928. The van der Waals surface area contributed by atoms with Crippen LogP contribution >= 0.6 is 22.9 Å². The number of hydrogen-bond donors (Lipinski definition) is 1. The number of amides is 1. The van der Waals surface area contributed by atoms with Gasteiger partial charge in [0.1, 0.15) is 11.8 Å². The van der Waals surface area contributed by atoms with E-state index in [4.69, 9.17) is 11.6 Å². The van der Waals surface area contributed by atoms with E-state index in [0.29, 0.717) is 26.1 Å². The summed E-state index contributed by atoms with van der Waals surface area (Å²) in [6.07, 6.45) is 1.48. The summed E-state index contributed by atoms with van der Waals surface area (Å²) in [7, 11) is 0. The van der Waals surface area contributed by atoms with Crippen molar-refractivity contribution in [2.24, 2.45) is 0 Å². The van der Waals surface area contributed by atoms with Crippen molar-refractivity contribution in [1.82, 2.24) is 14.8 Å². The molecule has 132 valence electrons. The molecule has 0 aliphatic heterocycles. The van der Waals surface area contributed by atoms with Crippen LogP contribution in [0, 0.1) is 6.92 Å². The van der Waals surface area contributed by atoms with Gasteiger partial charge in [-0.3, -0.25) is 9.48 Å². The predicted molar refractivity (Wildman–Crippen MR) is 91.6 cm³/mol. The topological polar surface area (TPSA) is 69.0 Å². The Kier molecular flexibility index (Phi) is 4.87. The molecule has 25 heavy (non-hydrogen) atoms. The fraction of sp³-hybridized carbons (Fsp3) is 0.267. The molecule has 1 atom stereocenters. The number of rotatable bonds is 5. The maximum atomic E-state index is 12.4. The second kappa shape index (κ2) is 6.93. The lowest BCUT2D eigenvalue weighted by Gasteiger charge is -2.13. The monoisotopic (exact) mass is 386 g/mol. The van der Waals surface area contributed by atoms with Gasteiger partial charge in [-0.1, -0.05) is 22.9 Å². The first-order valence-electron chi connectivity index (χ1n) is 7.21. The molecule has 3 rings (SSSR count). The number of alkyl halides is 2. The second-order valence-electron chi connectivity index (χ2n) is 5.21. The number of benzene rings is 1. The highest BCUT2D eigenvalue weighted by Gasteiger charge is 2.20. The zero-order valence-corrected chi connectivity index (χ0v) is 14.7. The van der Waals surface area contributed by atoms with E-state index >= 15 is 0 Å². The maximum absolute atomic E-state index is 12.4. The van der Waals surface area contributed by atoms with Crippen LogP contribution in [0.2, 0.25) is 5.02 Å². The molecule has 3 aromatic rings. The van der Waals surface area contributed by atoms with E-state index in [2.05, 4.69) is 20.1 Å². The Balaban J connectivity index is 1.78. The van der Waals surface area contributed by atoms with Crippen molar-refractivity contribution in [3.8, 4) is 5.75 Å². The summed E-state index contributed by atoms with van der Waals surface area (Å²) in [5.41, 5.74) is 1.26. The highest BCUT2D eigenvalue weighted by molar-refractivity contribution is 7.22. The van der Waals surface area contributed by atoms with Crippen LogP contribution in [0.5, 0.6) is 5.75 Å². The molecule has 0 bridgehead atoms. The Morgan fingerprint density at radius 1 is 1.44 bits per heavy atom. The summed E-state index contributed by atoms with van der Waals surface area (Å²) < 4.78 is 31.0. The summed E-state index contributed by atoms with van der Waals surface area (Å²) in [4.78, 5) is 16.7. The van der Waals surface area contributed by atoms with E-state index in [1.807, 2.05) is 0 Å². The number of hydrogen-bond acceptors (Lipinski definition) is 5. The first-order chi connectivity index (χ1) is 11.8. The highest BCUT2D eigenvalue weighted by Crippen LogP contribution is 2.30. The number of aromatic nitrogens is 3. The Hall–Kier alpha value is -2.26. The number of thiazole rings is 1. The van der Waals surface area contributed by atoms with Gasteiger partial charge in [0.25, 0.3) is 5.91 Å². The molecule has 2 heterocycles. The Morgan fingerprint density at radius 3 is 2.84 bits per heavy atom. The largest absolute Gasteiger partial charge is 0.435 e. The minimum Gasteiger partial charge on any atom is -0.435 e. The van der Waals surface area contributed by atoms with Crippen molar-refractivity contribution in [3.05, 3.63) is 35.1 Å². The molecule has 1 amide bonds. The van der Waals surface area contributed by atoms with Gasteiger partial charge in [-0.15, -0.1) is 0 Å². The molecule has 1 aromatic carbocycles. The molecule has 0 radical (unpaired) electrons. The van der Waals surface area contributed by atoms with Gasteiger partial charge in [0.05, 0.1) is 27.1 Å². The molecule has 10 heteroatoms. The van der Waals surface area contributed by atoms with Crippen LogP contribution in [0.3, 0.4) is 0 Å². The van der Waals surface area contributed by atoms with Gasteiger partial charge in [-0.25, -0.2) is 4.98 Å². The fourth-order valence-electron chi connectivity index (χ4n) is 2.25. The lowest BCUT2D eigenvalue weighted by Crippen LogP contribution is -2.25. The number of carbonyl (C=O) groups is 1. The Morgan fingerprint density at radius 2 is 2.20 bits per heavy atom. The summed E-state index contributed by atoms with van der Waals surface area (Å²) >= 11 is 7.12. The van der Waals surface area contributed by atoms with Crippen LogP contribution in [-0.2, 0) is 4.79 Å². The molecule has 1 unspecified atom stereocenters. The van der Waals surface area contributed by atoms with Gasteiger partial charge in [-0.2, -0.15) is 13.9 Å². The standard InChI is InChI=1S/C15H13ClF2N4O2S/c1-7-10(16)6-19-22(7)8(2)13(23)21-15-20-11-4-3-9(24-14(17)18)5-12(11)25-15/h3-6,8,14H,1-2H3,(H,20,21,23). The lowest BCUT2D eigenvalue weighted by molar-refractivity contribution is -0.119. The van der Waals surface area contributed by atoms with Gasteiger partial charge in [0, 0.05) is 0 Å². The van der Waals surface area contributed by atoms with E-state index in [-0.39, 0.29) is 11.7 Å². The van der Waals surface area contributed by atoms with E-state index < -0.39 is 12.7 Å². The SMILES string of the molecule is Cc1c(Cl)cnn1C(C)C(=O)Nc1nc2ccc(OC(F)F)cc2s1. The number of carbonyl (C=O) groups excluding carboxylic acids is 1. The van der Waals surface area contributed by atoms with Gasteiger partial charge in [-0.05, 0) is 32.0 Å². The van der Waals surface area contributed by atoms with Gasteiger partial charge in [0.2, 0.25) is 0 Å². The third-order valence-corrected chi connectivity index (χ3v) is 4.85. The van der Waals surface area contributed by atoms with Crippen LogP contribution in [0.25, 0.3) is 10.2 Å². The number of nitrogens with zero attached hydrogens (tertiary/aromatic N) is 3. The first kappa shape index (κ1) is 17.6. The van der Waals surface area contributed by atoms with Gasteiger partial charge in [0.15, 0.2) is 5.13 Å². The fourth-order valence-corrected chi connectivity index (χ4v) is 3.28. The molecular weight excluding hydrogens is 374 g/mol. The molecule has 2 aromatic heterocycles. The van der Waals surface area contributed by atoms with Crippen LogP contribution in [0.15, 0.2) is 24.4 Å². The van der Waals surface area contributed by atoms with Gasteiger partial charge < -0.3 is 10.1 Å². The maximum Gasteiger partial charge on any atom is 0.387 e. The average Bonchev–Trinajstić information content (AvgIpc) is 3.09. The molecule has 0 aliphatic rings. The zero-order valence-electron chi connectivity index (χ0n) is 13.2. The minimum absolute atomic E-state index is 0.0409. The van der Waals surface area contributed by atoms with Crippen molar-refractivity contribution in [2.45, 2.75) is 26.5 Å². The van der Waals surface area contributed by atoms with Crippen molar-refractivity contribution >= 4 is 44.2 Å². The third-order valence-electron chi connectivity index (χ3n) is 3.55. The number of nitrogens with one attached hydrogen (secondary N) is 1. The van der Waals surface area contributed by atoms with Crippen molar-refractivity contribution in [1.29, 1.82) is 0 Å². The number of ether oxygens (including phenoxy) is 1. The number of halogens is 3. The van der Waals surface area contributed by atoms with Crippen LogP contribution in [0.4, 0.5) is 13.9 Å². The van der Waals surface area contributed by atoms with Crippen molar-refractivity contribution < 1.29 is 18.3 Å². The summed E-state index contributed by atoms with van der Waals surface area (Å²) in [5, 5.41) is 7.62. The molecule has 0 fully saturated rings. The molecule has 0 saturated heterocycles. The van der Waals surface area contributed by atoms with E-state index in [1.54, 1.807) is 19.9 Å². The molecule has 1 N–H and O–H groups in total. The lowest BCUT2D eigenvalue weighted by atomic mass is 10.3. The summed E-state index contributed by atoms with van der Waals surface area (Å²) in [6, 6.07) is 3.82. The number of anilines is 1. The van der Waals surface area contributed by atoms with E-state index in [9.17, 15) is 13.6 Å². The van der Waals surface area contributed by atoms with E-state index in [0.717, 1.165) is 0 Å². The smallest absolute Gasteiger partial charge is 0.387 e. The highest BCUT2D eigenvalue weighted by atomic mass is 35.5. The normalized spacial score (nSPS) is 12.6. The Labute approximate surface area is 150 Å². The predicted octanol–water partition coefficient (Wildman–Crippen LogP) is 4.26. The molecule has 0 spiro atoms. The second-order valence-corrected chi connectivity index (χ2v) is 6.65.